The Morgan fingerprint density at radius 2 is 2.11 bits per heavy atom. The minimum absolute atomic E-state index is 0.109. The molecule has 1 unspecified atom stereocenters. The standard InChI is InChI=1S/C16H19N3/c1-2-5-16(18)15-8-9-19(12-15)11-14-7-4-3-6-13(14)10-17/h3-4,6-9,12,16H,2,5,11,18H2,1H3. The number of nitriles is 1. The lowest BCUT2D eigenvalue weighted by Gasteiger charge is -2.08. The van der Waals surface area contributed by atoms with Crippen molar-refractivity contribution in [2.45, 2.75) is 32.4 Å². The maximum absolute atomic E-state index is 9.08. The second-order valence-electron chi connectivity index (χ2n) is 4.78. The zero-order valence-corrected chi connectivity index (χ0v) is 11.2. The highest BCUT2D eigenvalue weighted by atomic mass is 14.9. The second kappa shape index (κ2) is 6.21. The molecule has 0 amide bonds. The fourth-order valence-electron chi connectivity index (χ4n) is 2.22. The van der Waals surface area contributed by atoms with E-state index in [1.54, 1.807) is 0 Å². The third-order valence-electron chi connectivity index (χ3n) is 3.29. The molecule has 0 fully saturated rings. The average molecular weight is 253 g/mol. The Morgan fingerprint density at radius 3 is 2.84 bits per heavy atom. The van der Waals surface area contributed by atoms with Gasteiger partial charge in [0.25, 0.3) is 0 Å². The van der Waals surface area contributed by atoms with Crippen molar-refractivity contribution >= 4 is 0 Å². The van der Waals surface area contributed by atoms with Crippen LogP contribution in [0.15, 0.2) is 42.7 Å². The highest BCUT2D eigenvalue weighted by Crippen LogP contribution is 2.17. The Labute approximate surface area is 114 Å². The number of nitrogens with two attached hydrogens (primary N) is 1. The Balaban J connectivity index is 2.14. The molecule has 1 atom stereocenters. The summed E-state index contributed by atoms with van der Waals surface area (Å²) in [6, 6.07) is 12.1. The van der Waals surface area contributed by atoms with Crippen LogP contribution in [0.3, 0.4) is 0 Å². The average Bonchev–Trinajstić information content (AvgIpc) is 2.88. The van der Waals surface area contributed by atoms with Crippen LogP contribution in [0.1, 0.15) is 42.5 Å². The van der Waals surface area contributed by atoms with E-state index in [4.69, 9.17) is 11.0 Å². The molecule has 19 heavy (non-hydrogen) atoms. The van der Waals surface area contributed by atoms with Crippen LogP contribution in [0.25, 0.3) is 0 Å². The van der Waals surface area contributed by atoms with Gasteiger partial charge in [-0.1, -0.05) is 31.5 Å². The first-order valence-corrected chi connectivity index (χ1v) is 6.64. The van der Waals surface area contributed by atoms with E-state index < -0.39 is 0 Å². The van der Waals surface area contributed by atoms with Crippen LogP contribution in [-0.4, -0.2) is 4.57 Å². The SMILES string of the molecule is CCCC(N)c1ccn(Cc2ccccc2C#N)c1. The summed E-state index contributed by atoms with van der Waals surface area (Å²) in [7, 11) is 0. The molecule has 1 aromatic heterocycles. The van der Waals surface area contributed by atoms with Gasteiger partial charge < -0.3 is 10.3 Å². The topological polar surface area (TPSA) is 54.7 Å². The molecule has 1 aromatic carbocycles. The smallest absolute Gasteiger partial charge is 0.0995 e. The Kier molecular flexibility index (Phi) is 4.38. The summed E-state index contributed by atoms with van der Waals surface area (Å²) in [4.78, 5) is 0. The number of aromatic nitrogens is 1. The molecule has 3 nitrogen and oxygen atoms in total. The Bertz CT molecular complexity index is 578. The molecule has 3 heteroatoms. The van der Waals surface area contributed by atoms with E-state index in [9.17, 15) is 0 Å². The molecule has 0 aliphatic heterocycles. The Morgan fingerprint density at radius 1 is 1.32 bits per heavy atom. The largest absolute Gasteiger partial charge is 0.350 e. The van der Waals surface area contributed by atoms with Crippen molar-refractivity contribution in [2.24, 2.45) is 5.73 Å². The van der Waals surface area contributed by atoms with Crippen LogP contribution in [-0.2, 0) is 6.54 Å². The summed E-state index contributed by atoms with van der Waals surface area (Å²) in [6.07, 6.45) is 6.19. The van der Waals surface area contributed by atoms with E-state index in [1.165, 1.54) is 0 Å². The summed E-state index contributed by atoms with van der Waals surface area (Å²) in [5, 5.41) is 9.08. The van der Waals surface area contributed by atoms with Crippen molar-refractivity contribution in [2.75, 3.05) is 0 Å². The van der Waals surface area contributed by atoms with Crippen molar-refractivity contribution in [1.29, 1.82) is 5.26 Å². The summed E-state index contributed by atoms with van der Waals surface area (Å²) in [5.74, 6) is 0. The fourth-order valence-corrected chi connectivity index (χ4v) is 2.22. The van der Waals surface area contributed by atoms with E-state index in [1.807, 2.05) is 30.5 Å². The van der Waals surface area contributed by atoms with Crippen molar-refractivity contribution < 1.29 is 0 Å². The molecular weight excluding hydrogens is 234 g/mol. The van der Waals surface area contributed by atoms with Crippen LogP contribution >= 0.6 is 0 Å². The lowest BCUT2D eigenvalue weighted by Crippen LogP contribution is -2.08. The molecule has 98 valence electrons. The quantitative estimate of drug-likeness (QED) is 0.889. The van der Waals surface area contributed by atoms with Gasteiger partial charge in [0.1, 0.15) is 0 Å². The molecule has 2 aromatic rings. The molecule has 0 aliphatic carbocycles. The maximum atomic E-state index is 9.08. The van der Waals surface area contributed by atoms with E-state index in [0.29, 0.717) is 6.54 Å². The number of hydrogen-bond acceptors (Lipinski definition) is 2. The second-order valence-corrected chi connectivity index (χ2v) is 4.78. The van der Waals surface area contributed by atoms with Gasteiger partial charge in [-0.3, -0.25) is 0 Å². The van der Waals surface area contributed by atoms with Gasteiger partial charge in [0, 0.05) is 25.0 Å². The van der Waals surface area contributed by atoms with Gasteiger partial charge in [0.2, 0.25) is 0 Å². The first-order valence-electron chi connectivity index (χ1n) is 6.64. The van der Waals surface area contributed by atoms with E-state index >= 15 is 0 Å². The minimum Gasteiger partial charge on any atom is -0.350 e. The highest BCUT2D eigenvalue weighted by Gasteiger charge is 2.07. The molecule has 0 saturated heterocycles. The van der Waals surface area contributed by atoms with Crippen molar-refractivity contribution in [1.82, 2.24) is 4.57 Å². The van der Waals surface area contributed by atoms with Crippen molar-refractivity contribution in [3.63, 3.8) is 0 Å². The van der Waals surface area contributed by atoms with Crippen molar-refractivity contribution in [3.05, 3.63) is 59.4 Å². The van der Waals surface area contributed by atoms with Crippen LogP contribution in [0.2, 0.25) is 0 Å². The van der Waals surface area contributed by atoms with Gasteiger partial charge in [-0.05, 0) is 29.7 Å². The Hall–Kier alpha value is -2.05. The predicted molar refractivity (Wildman–Crippen MR) is 76.5 cm³/mol. The number of nitrogens with zero attached hydrogens (tertiary/aromatic N) is 2. The maximum Gasteiger partial charge on any atom is 0.0995 e. The van der Waals surface area contributed by atoms with Crippen LogP contribution in [0, 0.1) is 11.3 Å². The molecule has 0 saturated carbocycles. The third-order valence-corrected chi connectivity index (χ3v) is 3.29. The minimum atomic E-state index is 0.109. The van der Waals surface area contributed by atoms with Crippen molar-refractivity contribution in [3.8, 4) is 6.07 Å². The van der Waals surface area contributed by atoms with Gasteiger partial charge in [0.05, 0.1) is 11.6 Å². The third kappa shape index (κ3) is 3.24. The van der Waals surface area contributed by atoms with Gasteiger partial charge in [-0.15, -0.1) is 0 Å². The van der Waals surface area contributed by atoms with Gasteiger partial charge in [-0.25, -0.2) is 0 Å². The first-order chi connectivity index (χ1) is 9.24. The molecule has 0 bridgehead atoms. The molecule has 2 N–H and O–H groups in total. The molecule has 0 radical (unpaired) electrons. The van der Waals surface area contributed by atoms with Gasteiger partial charge in [0.15, 0.2) is 0 Å². The molecule has 2 rings (SSSR count). The molecule has 0 aliphatic rings. The first kappa shape index (κ1) is 13.4. The van der Waals surface area contributed by atoms with Crippen LogP contribution in [0.5, 0.6) is 0 Å². The number of rotatable bonds is 5. The summed E-state index contributed by atoms with van der Waals surface area (Å²) < 4.78 is 2.08. The highest BCUT2D eigenvalue weighted by molar-refractivity contribution is 5.37. The van der Waals surface area contributed by atoms with Crippen LogP contribution in [0.4, 0.5) is 0 Å². The predicted octanol–water partition coefficient (Wildman–Crippen LogP) is 3.21. The van der Waals surface area contributed by atoms with E-state index in [0.717, 1.165) is 29.5 Å². The van der Waals surface area contributed by atoms with Gasteiger partial charge in [-0.2, -0.15) is 5.26 Å². The van der Waals surface area contributed by atoms with Crippen LogP contribution < -0.4 is 5.73 Å². The van der Waals surface area contributed by atoms with Gasteiger partial charge >= 0.3 is 0 Å². The summed E-state index contributed by atoms with van der Waals surface area (Å²) in [6.45, 7) is 2.85. The normalized spacial score (nSPS) is 12.1. The molecular formula is C16H19N3. The zero-order valence-electron chi connectivity index (χ0n) is 11.2. The molecule has 1 heterocycles. The molecule has 0 spiro atoms. The lowest BCUT2D eigenvalue weighted by atomic mass is 10.1. The summed E-state index contributed by atoms with van der Waals surface area (Å²) in [5.41, 5.74) is 9.04. The van der Waals surface area contributed by atoms with E-state index in [-0.39, 0.29) is 6.04 Å². The summed E-state index contributed by atoms with van der Waals surface area (Å²) >= 11 is 0. The monoisotopic (exact) mass is 253 g/mol. The zero-order chi connectivity index (χ0) is 13.7. The number of benzene rings is 1. The number of hydrogen-bond donors (Lipinski definition) is 1. The van der Waals surface area contributed by atoms with E-state index in [2.05, 4.69) is 29.8 Å². The fraction of sp³-hybridized carbons (Fsp3) is 0.312. The lowest BCUT2D eigenvalue weighted by molar-refractivity contribution is 0.636.